The van der Waals surface area contributed by atoms with Gasteiger partial charge in [-0.3, -0.25) is 0 Å². The van der Waals surface area contributed by atoms with E-state index in [0.29, 0.717) is 19.3 Å². The van der Waals surface area contributed by atoms with Crippen molar-refractivity contribution in [3.05, 3.63) is 96.6 Å². The van der Waals surface area contributed by atoms with E-state index in [-0.39, 0.29) is 12.8 Å². The maximum Gasteiger partial charge on any atom is 0.391 e. The van der Waals surface area contributed by atoms with Crippen molar-refractivity contribution in [1.82, 2.24) is 0 Å². The topological polar surface area (TPSA) is 0 Å². The number of unbranched alkanes of at least 4 members (excludes halogenated alkanes) is 3. The van der Waals surface area contributed by atoms with E-state index in [1.807, 2.05) is 0 Å². The summed E-state index contributed by atoms with van der Waals surface area (Å²) in [4.78, 5) is 0. The predicted octanol–water partition coefficient (Wildman–Crippen LogP) is 11.9. The monoisotopic (exact) mass is 536 g/mol. The minimum atomic E-state index is -4.13. The third-order valence-electron chi connectivity index (χ3n) is 8.68. The molecule has 6 rings (SSSR count). The van der Waals surface area contributed by atoms with Gasteiger partial charge in [-0.1, -0.05) is 124 Å². The Bertz CT molecular complexity index is 1780. The van der Waals surface area contributed by atoms with Crippen LogP contribution in [0.1, 0.15) is 57.4 Å². The number of hydrogen-bond acceptors (Lipinski definition) is 0. The first-order valence-electron chi connectivity index (χ1n) is 14.7. The van der Waals surface area contributed by atoms with Gasteiger partial charge in [-0.15, -0.1) is 0 Å². The molecule has 0 aliphatic heterocycles. The van der Waals surface area contributed by atoms with E-state index in [0.717, 1.165) is 24.8 Å². The lowest BCUT2D eigenvalue weighted by Gasteiger charge is -2.21. The molecule has 1 unspecified atom stereocenters. The van der Waals surface area contributed by atoms with Crippen molar-refractivity contribution in [2.24, 2.45) is 5.92 Å². The minimum absolute atomic E-state index is 0.189. The lowest BCUT2D eigenvalue weighted by Crippen LogP contribution is -2.23. The number of hydrogen-bond donors (Lipinski definition) is 0. The zero-order chi connectivity index (χ0) is 27.7. The van der Waals surface area contributed by atoms with Crippen LogP contribution in [0.5, 0.6) is 0 Å². The fraction of sp³-hybridized carbons (Fsp3) is 0.297. The quantitative estimate of drug-likeness (QED) is 0.127. The van der Waals surface area contributed by atoms with Crippen molar-refractivity contribution >= 4 is 53.9 Å². The van der Waals surface area contributed by atoms with Gasteiger partial charge >= 0.3 is 6.18 Å². The highest BCUT2D eigenvalue weighted by molar-refractivity contribution is 6.35. The lowest BCUT2D eigenvalue weighted by atomic mass is 9.86. The third-order valence-corrected chi connectivity index (χ3v) is 8.68. The first-order valence-corrected chi connectivity index (χ1v) is 14.7. The summed E-state index contributed by atoms with van der Waals surface area (Å²) in [6, 6.07) is 32.3. The van der Waals surface area contributed by atoms with E-state index in [1.54, 1.807) is 0 Å². The van der Waals surface area contributed by atoms with Crippen LogP contribution in [0.3, 0.4) is 0 Å². The molecule has 0 aromatic heterocycles. The Labute approximate surface area is 233 Å². The smallest absolute Gasteiger partial charge is 0.171 e. The molecule has 0 fully saturated rings. The van der Waals surface area contributed by atoms with E-state index >= 15 is 0 Å². The molecule has 0 aliphatic carbocycles. The Morgan fingerprint density at radius 2 is 1.12 bits per heavy atom. The molecule has 0 bridgehead atoms. The van der Waals surface area contributed by atoms with Gasteiger partial charge in [0.15, 0.2) is 0 Å². The standard InChI is InChI=1S/C37H35F3/c1-2-3-4-5-15-28(37(38,39)40)16-10-13-26-14-11-20-31-33-24-23-27-22-21-25-12-6-7-17-29(25)35(27)36(33)32-19-9-8-18-30(32)34(26)31/h6-9,11-12,14,17-24,28H,2-5,10,13,15-16H2,1H3. The van der Waals surface area contributed by atoms with Crippen molar-refractivity contribution in [2.75, 3.05) is 0 Å². The van der Waals surface area contributed by atoms with Gasteiger partial charge in [0.25, 0.3) is 0 Å². The number of halogens is 3. The zero-order valence-electron chi connectivity index (χ0n) is 23.0. The summed E-state index contributed by atoms with van der Waals surface area (Å²) >= 11 is 0. The summed E-state index contributed by atoms with van der Waals surface area (Å²) in [6.07, 6.45) is 1.07. The first-order chi connectivity index (χ1) is 19.5. The first kappa shape index (κ1) is 26.6. The molecule has 0 saturated carbocycles. The summed E-state index contributed by atoms with van der Waals surface area (Å²) in [5, 5.41) is 12.1. The van der Waals surface area contributed by atoms with Crippen molar-refractivity contribution in [2.45, 2.75) is 64.5 Å². The summed E-state index contributed by atoms with van der Waals surface area (Å²) in [7, 11) is 0. The maximum absolute atomic E-state index is 13.8. The molecule has 204 valence electrons. The Hall–Kier alpha value is -3.59. The van der Waals surface area contributed by atoms with Gasteiger partial charge < -0.3 is 0 Å². The Balaban J connectivity index is 1.45. The summed E-state index contributed by atoms with van der Waals surface area (Å²) in [5.74, 6) is -1.21. The third kappa shape index (κ3) is 4.91. The van der Waals surface area contributed by atoms with E-state index in [1.165, 1.54) is 53.9 Å². The molecule has 6 aromatic rings. The molecule has 0 N–H and O–H groups in total. The van der Waals surface area contributed by atoms with Gasteiger partial charge in [-0.05, 0) is 85.1 Å². The normalized spacial score (nSPS) is 13.2. The van der Waals surface area contributed by atoms with Gasteiger partial charge in [0.2, 0.25) is 0 Å². The lowest BCUT2D eigenvalue weighted by molar-refractivity contribution is -0.178. The van der Waals surface area contributed by atoms with Crippen LogP contribution in [0.25, 0.3) is 53.9 Å². The summed E-state index contributed by atoms with van der Waals surface area (Å²) in [5.41, 5.74) is 1.14. The molecule has 3 heteroatoms. The van der Waals surface area contributed by atoms with Crippen LogP contribution in [-0.4, -0.2) is 6.18 Å². The van der Waals surface area contributed by atoms with Crippen molar-refractivity contribution < 1.29 is 13.2 Å². The van der Waals surface area contributed by atoms with E-state index in [9.17, 15) is 13.2 Å². The minimum Gasteiger partial charge on any atom is -0.171 e. The molecule has 0 heterocycles. The highest BCUT2D eigenvalue weighted by Crippen LogP contribution is 2.42. The Morgan fingerprint density at radius 3 is 1.88 bits per heavy atom. The van der Waals surface area contributed by atoms with Gasteiger partial charge in [0.05, 0.1) is 5.92 Å². The predicted molar refractivity (Wildman–Crippen MR) is 165 cm³/mol. The fourth-order valence-corrected chi connectivity index (χ4v) is 6.70. The number of rotatable bonds is 9. The van der Waals surface area contributed by atoms with E-state index < -0.39 is 12.1 Å². The molecule has 0 saturated heterocycles. The van der Waals surface area contributed by atoms with Gasteiger partial charge in [-0.25, -0.2) is 0 Å². The number of alkyl halides is 3. The molecule has 0 amide bonds. The number of fused-ring (bicyclic) bond motifs is 10. The fourth-order valence-electron chi connectivity index (χ4n) is 6.70. The van der Waals surface area contributed by atoms with E-state index in [2.05, 4.69) is 97.9 Å². The van der Waals surface area contributed by atoms with Crippen LogP contribution in [0, 0.1) is 5.92 Å². The second-order valence-corrected chi connectivity index (χ2v) is 11.2. The summed E-state index contributed by atoms with van der Waals surface area (Å²) < 4.78 is 41.5. The van der Waals surface area contributed by atoms with Crippen molar-refractivity contribution in [1.29, 1.82) is 0 Å². The van der Waals surface area contributed by atoms with Crippen LogP contribution in [-0.2, 0) is 6.42 Å². The van der Waals surface area contributed by atoms with Crippen LogP contribution in [0.2, 0.25) is 0 Å². The van der Waals surface area contributed by atoms with E-state index in [4.69, 9.17) is 0 Å². The van der Waals surface area contributed by atoms with Gasteiger partial charge in [0.1, 0.15) is 0 Å². The summed E-state index contributed by atoms with van der Waals surface area (Å²) in [6.45, 7) is 2.09. The highest BCUT2D eigenvalue weighted by Gasteiger charge is 2.38. The number of aryl methyl sites for hydroxylation is 1. The molecule has 6 aromatic carbocycles. The molecule has 1 atom stereocenters. The van der Waals surface area contributed by atoms with Gasteiger partial charge in [0, 0.05) is 0 Å². The average Bonchev–Trinajstić information content (AvgIpc) is 2.97. The van der Waals surface area contributed by atoms with Crippen LogP contribution in [0.15, 0.2) is 91.0 Å². The van der Waals surface area contributed by atoms with Crippen LogP contribution in [0.4, 0.5) is 13.2 Å². The molecule has 0 aliphatic rings. The molecule has 0 spiro atoms. The molecule has 40 heavy (non-hydrogen) atoms. The average molecular weight is 537 g/mol. The van der Waals surface area contributed by atoms with Crippen molar-refractivity contribution in [3.63, 3.8) is 0 Å². The van der Waals surface area contributed by atoms with Crippen LogP contribution < -0.4 is 0 Å². The SMILES string of the molecule is CCCCCCC(CCCc1cccc2c3ccc4ccc5ccccc5c4c3c3ccccc3c12)C(F)(F)F. The maximum atomic E-state index is 13.8. The number of benzene rings is 6. The zero-order valence-corrected chi connectivity index (χ0v) is 23.0. The Kier molecular flexibility index (Phi) is 7.40. The Morgan fingerprint density at radius 1 is 0.525 bits per heavy atom. The second kappa shape index (κ2) is 11.1. The second-order valence-electron chi connectivity index (χ2n) is 11.2. The van der Waals surface area contributed by atoms with Crippen LogP contribution >= 0.6 is 0 Å². The van der Waals surface area contributed by atoms with Crippen molar-refractivity contribution in [3.8, 4) is 0 Å². The molecular weight excluding hydrogens is 501 g/mol. The highest BCUT2D eigenvalue weighted by atomic mass is 19.4. The molecular formula is C37H35F3. The van der Waals surface area contributed by atoms with Gasteiger partial charge in [-0.2, -0.15) is 13.2 Å². The molecule has 0 nitrogen and oxygen atoms in total. The molecule has 0 radical (unpaired) electrons. The largest absolute Gasteiger partial charge is 0.391 e.